The lowest BCUT2D eigenvalue weighted by Crippen LogP contribution is -2.18. The topological polar surface area (TPSA) is 53.7 Å². The van der Waals surface area contributed by atoms with Gasteiger partial charge in [0, 0.05) is 6.04 Å². The fourth-order valence-electron chi connectivity index (χ4n) is 2.03. The highest BCUT2D eigenvalue weighted by Gasteiger charge is 2.16. The van der Waals surface area contributed by atoms with Gasteiger partial charge in [0.25, 0.3) is 0 Å². The molecule has 0 spiro atoms. The van der Waals surface area contributed by atoms with Crippen LogP contribution in [0.15, 0.2) is 12.1 Å². The summed E-state index contributed by atoms with van der Waals surface area (Å²) in [5.74, 6) is 2.05. The van der Waals surface area contributed by atoms with E-state index in [9.17, 15) is 0 Å². The first kappa shape index (κ1) is 17.6. The Labute approximate surface area is 128 Å². The standard InChI is InChI=1S/C17H29NO3/c1-12(18)9-13-10-14(19-5)16(15(11-13)20-6)21-8-7-17(2,3)4/h10-12H,7-9,18H2,1-6H3. The van der Waals surface area contributed by atoms with E-state index in [0.29, 0.717) is 23.9 Å². The van der Waals surface area contributed by atoms with E-state index in [1.807, 2.05) is 19.1 Å². The molecule has 1 aromatic rings. The average Bonchev–Trinajstić information content (AvgIpc) is 2.37. The Kier molecular flexibility index (Phi) is 6.34. The molecule has 4 nitrogen and oxygen atoms in total. The predicted octanol–water partition coefficient (Wildman–Crippen LogP) is 3.41. The molecule has 0 fully saturated rings. The molecule has 0 radical (unpaired) electrons. The van der Waals surface area contributed by atoms with Crippen LogP contribution < -0.4 is 19.9 Å². The van der Waals surface area contributed by atoms with E-state index in [0.717, 1.165) is 18.4 Å². The van der Waals surface area contributed by atoms with Crippen molar-refractivity contribution in [2.24, 2.45) is 11.1 Å². The van der Waals surface area contributed by atoms with E-state index in [2.05, 4.69) is 20.8 Å². The van der Waals surface area contributed by atoms with Crippen LogP contribution in [-0.4, -0.2) is 26.9 Å². The number of hydrogen-bond donors (Lipinski definition) is 1. The summed E-state index contributed by atoms with van der Waals surface area (Å²) >= 11 is 0. The minimum absolute atomic E-state index is 0.0899. The van der Waals surface area contributed by atoms with Crippen LogP contribution in [0.5, 0.6) is 17.2 Å². The minimum atomic E-state index is 0.0899. The van der Waals surface area contributed by atoms with Gasteiger partial charge in [0.15, 0.2) is 11.5 Å². The van der Waals surface area contributed by atoms with Gasteiger partial charge in [-0.15, -0.1) is 0 Å². The normalized spacial score (nSPS) is 12.9. The van der Waals surface area contributed by atoms with Gasteiger partial charge in [-0.1, -0.05) is 20.8 Å². The first-order valence-corrected chi connectivity index (χ1v) is 7.40. The molecule has 2 N–H and O–H groups in total. The Morgan fingerprint density at radius 2 is 1.62 bits per heavy atom. The van der Waals surface area contributed by atoms with E-state index in [-0.39, 0.29) is 11.5 Å². The summed E-state index contributed by atoms with van der Waals surface area (Å²) in [5, 5.41) is 0. The molecule has 0 saturated heterocycles. The number of ether oxygens (including phenoxy) is 3. The summed E-state index contributed by atoms with van der Waals surface area (Å²) in [5.41, 5.74) is 7.18. The summed E-state index contributed by atoms with van der Waals surface area (Å²) in [6, 6.07) is 4.03. The summed E-state index contributed by atoms with van der Waals surface area (Å²) < 4.78 is 16.8. The largest absolute Gasteiger partial charge is 0.493 e. The maximum absolute atomic E-state index is 5.90. The summed E-state index contributed by atoms with van der Waals surface area (Å²) in [6.07, 6.45) is 1.73. The summed E-state index contributed by atoms with van der Waals surface area (Å²) in [4.78, 5) is 0. The van der Waals surface area contributed by atoms with Crippen molar-refractivity contribution < 1.29 is 14.2 Å². The Hall–Kier alpha value is -1.42. The predicted molar refractivity (Wildman–Crippen MR) is 86.5 cm³/mol. The highest BCUT2D eigenvalue weighted by atomic mass is 16.5. The van der Waals surface area contributed by atoms with E-state index >= 15 is 0 Å². The van der Waals surface area contributed by atoms with Crippen LogP contribution >= 0.6 is 0 Å². The molecule has 1 rings (SSSR count). The van der Waals surface area contributed by atoms with Crippen molar-refractivity contribution in [1.29, 1.82) is 0 Å². The van der Waals surface area contributed by atoms with E-state index in [1.54, 1.807) is 14.2 Å². The average molecular weight is 295 g/mol. The lowest BCUT2D eigenvalue weighted by molar-refractivity contribution is 0.225. The molecule has 0 saturated carbocycles. The molecule has 0 amide bonds. The van der Waals surface area contributed by atoms with Crippen molar-refractivity contribution in [3.63, 3.8) is 0 Å². The fourth-order valence-corrected chi connectivity index (χ4v) is 2.03. The van der Waals surface area contributed by atoms with Gasteiger partial charge >= 0.3 is 0 Å². The van der Waals surface area contributed by atoms with Crippen LogP contribution in [0.2, 0.25) is 0 Å². The molecule has 21 heavy (non-hydrogen) atoms. The van der Waals surface area contributed by atoms with Gasteiger partial charge in [0.05, 0.1) is 20.8 Å². The van der Waals surface area contributed by atoms with Crippen molar-refractivity contribution in [3.8, 4) is 17.2 Å². The van der Waals surface area contributed by atoms with Crippen molar-refractivity contribution >= 4 is 0 Å². The van der Waals surface area contributed by atoms with Gasteiger partial charge in [0.1, 0.15) is 0 Å². The molecule has 0 aromatic heterocycles. The molecule has 0 bridgehead atoms. The first-order valence-electron chi connectivity index (χ1n) is 7.40. The second kappa shape index (κ2) is 7.55. The SMILES string of the molecule is COc1cc(CC(C)N)cc(OC)c1OCCC(C)(C)C. The lowest BCUT2D eigenvalue weighted by atomic mass is 9.93. The zero-order valence-electron chi connectivity index (χ0n) is 14.2. The summed E-state index contributed by atoms with van der Waals surface area (Å²) in [6.45, 7) is 9.18. The summed E-state index contributed by atoms with van der Waals surface area (Å²) in [7, 11) is 3.28. The second-order valence-electron chi connectivity index (χ2n) is 6.67. The Bertz CT molecular complexity index is 425. The van der Waals surface area contributed by atoms with Gasteiger partial charge in [-0.3, -0.25) is 0 Å². The quantitative estimate of drug-likeness (QED) is 0.837. The van der Waals surface area contributed by atoms with Crippen molar-refractivity contribution in [3.05, 3.63) is 17.7 Å². The Balaban J connectivity index is 2.95. The van der Waals surface area contributed by atoms with Gasteiger partial charge in [-0.25, -0.2) is 0 Å². The van der Waals surface area contributed by atoms with Crippen LogP contribution in [0, 0.1) is 5.41 Å². The number of nitrogens with two attached hydrogens (primary N) is 1. The molecule has 1 aromatic carbocycles. The third kappa shape index (κ3) is 5.84. The highest BCUT2D eigenvalue weighted by Crippen LogP contribution is 2.39. The monoisotopic (exact) mass is 295 g/mol. The van der Waals surface area contributed by atoms with Crippen LogP contribution in [0.1, 0.15) is 39.7 Å². The van der Waals surface area contributed by atoms with E-state index in [4.69, 9.17) is 19.9 Å². The van der Waals surface area contributed by atoms with Gasteiger partial charge < -0.3 is 19.9 Å². The molecule has 120 valence electrons. The first-order chi connectivity index (χ1) is 9.76. The molecular formula is C17H29NO3. The van der Waals surface area contributed by atoms with Gasteiger partial charge in [-0.2, -0.15) is 0 Å². The number of benzene rings is 1. The van der Waals surface area contributed by atoms with E-state index < -0.39 is 0 Å². The van der Waals surface area contributed by atoms with Crippen LogP contribution in [0.25, 0.3) is 0 Å². The molecular weight excluding hydrogens is 266 g/mol. The van der Waals surface area contributed by atoms with Crippen molar-refractivity contribution in [2.45, 2.75) is 46.6 Å². The number of rotatable bonds is 7. The number of hydrogen-bond acceptors (Lipinski definition) is 4. The van der Waals surface area contributed by atoms with Crippen LogP contribution in [-0.2, 0) is 6.42 Å². The Morgan fingerprint density at radius 1 is 1.10 bits per heavy atom. The molecule has 4 heteroatoms. The maximum atomic E-state index is 5.90. The zero-order valence-corrected chi connectivity index (χ0v) is 14.2. The zero-order chi connectivity index (χ0) is 16.0. The van der Waals surface area contributed by atoms with Crippen molar-refractivity contribution in [1.82, 2.24) is 0 Å². The molecule has 0 aliphatic heterocycles. The van der Waals surface area contributed by atoms with Crippen LogP contribution in [0.3, 0.4) is 0 Å². The highest BCUT2D eigenvalue weighted by molar-refractivity contribution is 5.54. The second-order valence-corrected chi connectivity index (χ2v) is 6.67. The van der Waals surface area contributed by atoms with Crippen molar-refractivity contribution in [2.75, 3.05) is 20.8 Å². The van der Waals surface area contributed by atoms with E-state index in [1.165, 1.54) is 0 Å². The van der Waals surface area contributed by atoms with Gasteiger partial charge in [-0.05, 0) is 42.9 Å². The lowest BCUT2D eigenvalue weighted by Gasteiger charge is -2.20. The van der Waals surface area contributed by atoms with Crippen LogP contribution in [0.4, 0.5) is 0 Å². The third-order valence-electron chi connectivity index (χ3n) is 3.18. The molecule has 0 aliphatic rings. The molecule has 1 atom stereocenters. The molecule has 1 unspecified atom stereocenters. The fraction of sp³-hybridized carbons (Fsp3) is 0.647. The smallest absolute Gasteiger partial charge is 0.203 e. The maximum Gasteiger partial charge on any atom is 0.203 e. The minimum Gasteiger partial charge on any atom is -0.493 e. The van der Waals surface area contributed by atoms with Gasteiger partial charge in [0.2, 0.25) is 5.75 Å². The number of methoxy groups -OCH3 is 2. The molecule has 0 aliphatic carbocycles. The Morgan fingerprint density at radius 3 is 2.00 bits per heavy atom. The molecule has 0 heterocycles. The third-order valence-corrected chi connectivity index (χ3v) is 3.18.